The molecule has 1 saturated heterocycles. The minimum atomic E-state index is -0.439. The van der Waals surface area contributed by atoms with Crippen molar-refractivity contribution in [3.8, 4) is 17.2 Å². The SMILES string of the molecule is COc1ccc(N2C[C@H](C(=O)Nc3ccc(OC)cc3OC)CC2=O)cc1. The number of nitrogens with one attached hydrogen (secondary N) is 1. The molecule has 1 heterocycles. The lowest BCUT2D eigenvalue weighted by Gasteiger charge is -2.17. The number of rotatable bonds is 6. The van der Waals surface area contributed by atoms with Crippen molar-refractivity contribution >= 4 is 23.2 Å². The van der Waals surface area contributed by atoms with E-state index in [4.69, 9.17) is 14.2 Å². The topological polar surface area (TPSA) is 77.1 Å². The standard InChI is InChI=1S/C20H22N2O5/c1-25-15-6-4-14(5-7-15)22-12-13(10-19(22)23)20(24)21-17-9-8-16(26-2)11-18(17)27-3/h4-9,11,13H,10,12H2,1-3H3,(H,21,24)/t13-/m1/s1. The fraction of sp³-hybridized carbons (Fsp3) is 0.300. The second-order valence-electron chi connectivity index (χ2n) is 6.16. The van der Waals surface area contributed by atoms with E-state index in [9.17, 15) is 9.59 Å². The highest BCUT2D eigenvalue weighted by Gasteiger charge is 2.35. The first-order valence-corrected chi connectivity index (χ1v) is 8.53. The van der Waals surface area contributed by atoms with Crippen LogP contribution in [0.2, 0.25) is 0 Å². The van der Waals surface area contributed by atoms with Crippen molar-refractivity contribution in [2.45, 2.75) is 6.42 Å². The van der Waals surface area contributed by atoms with E-state index in [0.29, 0.717) is 29.5 Å². The number of nitrogens with zero attached hydrogens (tertiary/aromatic N) is 1. The van der Waals surface area contributed by atoms with Crippen LogP contribution in [0.5, 0.6) is 17.2 Å². The lowest BCUT2D eigenvalue weighted by Crippen LogP contribution is -2.28. The first kappa shape index (κ1) is 18.6. The molecule has 3 rings (SSSR count). The molecule has 2 amide bonds. The fourth-order valence-corrected chi connectivity index (χ4v) is 3.03. The van der Waals surface area contributed by atoms with Gasteiger partial charge < -0.3 is 24.4 Å². The van der Waals surface area contributed by atoms with E-state index in [1.165, 1.54) is 7.11 Å². The predicted octanol–water partition coefficient (Wildman–Crippen LogP) is 2.70. The van der Waals surface area contributed by atoms with Gasteiger partial charge in [0.2, 0.25) is 11.8 Å². The molecule has 1 aliphatic heterocycles. The zero-order valence-corrected chi connectivity index (χ0v) is 15.5. The summed E-state index contributed by atoms with van der Waals surface area (Å²) in [6.45, 7) is 0.329. The van der Waals surface area contributed by atoms with Crippen LogP contribution in [0.25, 0.3) is 0 Å². The summed E-state index contributed by atoms with van der Waals surface area (Å²) < 4.78 is 15.6. The van der Waals surface area contributed by atoms with Crippen molar-refractivity contribution in [2.24, 2.45) is 5.92 Å². The smallest absolute Gasteiger partial charge is 0.229 e. The zero-order valence-electron chi connectivity index (χ0n) is 15.5. The van der Waals surface area contributed by atoms with Gasteiger partial charge in [0.1, 0.15) is 17.2 Å². The van der Waals surface area contributed by atoms with E-state index in [2.05, 4.69) is 5.32 Å². The van der Waals surface area contributed by atoms with Crippen LogP contribution < -0.4 is 24.4 Å². The zero-order chi connectivity index (χ0) is 19.4. The molecular weight excluding hydrogens is 348 g/mol. The van der Waals surface area contributed by atoms with Crippen LogP contribution in [0.1, 0.15) is 6.42 Å². The van der Waals surface area contributed by atoms with Crippen LogP contribution in [0.3, 0.4) is 0 Å². The molecule has 1 atom stereocenters. The fourth-order valence-electron chi connectivity index (χ4n) is 3.03. The molecule has 2 aromatic rings. The molecular formula is C20H22N2O5. The number of anilines is 2. The Morgan fingerprint density at radius 1 is 1.00 bits per heavy atom. The minimum Gasteiger partial charge on any atom is -0.497 e. The summed E-state index contributed by atoms with van der Waals surface area (Å²) in [5, 5.41) is 2.85. The molecule has 0 unspecified atom stereocenters. The van der Waals surface area contributed by atoms with Gasteiger partial charge in [-0.1, -0.05) is 0 Å². The maximum Gasteiger partial charge on any atom is 0.229 e. The largest absolute Gasteiger partial charge is 0.497 e. The number of benzene rings is 2. The molecule has 1 aliphatic rings. The summed E-state index contributed by atoms with van der Waals surface area (Å²) in [6, 6.07) is 12.3. The Bertz CT molecular complexity index is 835. The van der Waals surface area contributed by atoms with Crippen molar-refractivity contribution in [3.63, 3.8) is 0 Å². The molecule has 1 N–H and O–H groups in total. The highest BCUT2D eigenvalue weighted by Crippen LogP contribution is 2.31. The van der Waals surface area contributed by atoms with Gasteiger partial charge in [0, 0.05) is 24.7 Å². The first-order valence-electron chi connectivity index (χ1n) is 8.53. The molecule has 0 spiro atoms. The maximum absolute atomic E-state index is 12.7. The molecule has 1 fully saturated rings. The van der Waals surface area contributed by atoms with E-state index in [0.717, 1.165) is 5.69 Å². The summed E-state index contributed by atoms with van der Waals surface area (Å²) in [7, 11) is 4.67. The Balaban J connectivity index is 1.70. The molecule has 0 radical (unpaired) electrons. The molecule has 142 valence electrons. The number of carbonyl (C=O) groups is 2. The molecule has 7 heteroatoms. The van der Waals surface area contributed by atoms with Gasteiger partial charge in [0.25, 0.3) is 0 Å². The van der Waals surface area contributed by atoms with Crippen LogP contribution in [0.15, 0.2) is 42.5 Å². The van der Waals surface area contributed by atoms with Gasteiger partial charge in [-0.2, -0.15) is 0 Å². The normalized spacial score (nSPS) is 16.2. The predicted molar refractivity (Wildman–Crippen MR) is 102 cm³/mol. The second-order valence-corrected chi connectivity index (χ2v) is 6.16. The van der Waals surface area contributed by atoms with Crippen LogP contribution in [-0.2, 0) is 9.59 Å². The lowest BCUT2D eigenvalue weighted by atomic mass is 10.1. The molecule has 7 nitrogen and oxygen atoms in total. The molecule has 0 aliphatic carbocycles. The molecule has 0 bridgehead atoms. The average molecular weight is 370 g/mol. The summed E-state index contributed by atoms with van der Waals surface area (Å²) in [5.74, 6) is 1.10. The van der Waals surface area contributed by atoms with Crippen molar-refractivity contribution in [1.29, 1.82) is 0 Å². The van der Waals surface area contributed by atoms with E-state index in [1.807, 2.05) is 12.1 Å². The van der Waals surface area contributed by atoms with E-state index in [-0.39, 0.29) is 18.2 Å². The number of ether oxygens (including phenoxy) is 3. The number of hydrogen-bond acceptors (Lipinski definition) is 5. The third-order valence-corrected chi connectivity index (χ3v) is 4.55. The third kappa shape index (κ3) is 3.97. The highest BCUT2D eigenvalue weighted by molar-refractivity contribution is 6.04. The Labute approximate surface area is 157 Å². The monoisotopic (exact) mass is 370 g/mol. The average Bonchev–Trinajstić information content (AvgIpc) is 3.10. The number of carbonyl (C=O) groups excluding carboxylic acids is 2. The van der Waals surface area contributed by atoms with Gasteiger partial charge in [0.05, 0.1) is 32.9 Å². The minimum absolute atomic E-state index is 0.0815. The number of hydrogen-bond donors (Lipinski definition) is 1. The van der Waals surface area contributed by atoms with Gasteiger partial charge in [-0.3, -0.25) is 9.59 Å². The van der Waals surface area contributed by atoms with Gasteiger partial charge in [-0.25, -0.2) is 0 Å². The second kappa shape index (κ2) is 7.99. The highest BCUT2D eigenvalue weighted by atomic mass is 16.5. The van der Waals surface area contributed by atoms with E-state index in [1.54, 1.807) is 49.5 Å². The molecule has 27 heavy (non-hydrogen) atoms. The Kier molecular flexibility index (Phi) is 5.49. The summed E-state index contributed by atoms with van der Waals surface area (Å²) in [5.41, 5.74) is 1.29. The van der Waals surface area contributed by atoms with Crippen molar-refractivity contribution in [2.75, 3.05) is 38.1 Å². The van der Waals surface area contributed by atoms with Gasteiger partial charge in [0.15, 0.2) is 0 Å². The van der Waals surface area contributed by atoms with E-state index >= 15 is 0 Å². The van der Waals surface area contributed by atoms with Crippen molar-refractivity contribution < 1.29 is 23.8 Å². The molecule has 0 aromatic heterocycles. The first-order chi connectivity index (χ1) is 13.0. The maximum atomic E-state index is 12.7. The van der Waals surface area contributed by atoms with Gasteiger partial charge in [-0.15, -0.1) is 0 Å². The van der Waals surface area contributed by atoms with Gasteiger partial charge >= 0.3 is 0 Å². The van der Waals surface area contributed by atoms with Crippen LogP contribution in [0, 0.1) is 5.92 Å². The summed E-state index contributed by atoms with van der Waals surface area (Å²) in [4.78, 5) is 26.7. The quantitative estimate of drug-likeness (QED) is 0.846. The molecule has 0 saturated carbocycles. The Morgan fingerprint density at radius 3 is 2.30 bits per heavy atom. The number of methoxy groups -OCH3 is 3. The van der Waals surface area contributed by atoms with Crippen LogP contribution in [-0.4, -0.2) is 39.7 Å². The Hall–Kier alpha value is -3.22. The van der Waals surface area contributed by atoms with Crippen LogP contribution >= 0.6 is 0 Å². The Morgan fingerprint density at radius 2 is 1.67 bits per heavy atom. The van der Waals surface area contributed by atoms with Crippen molar-refractivity contribution in [1.82, 2.24) is 0 Å². The summed E-state index contributed by atoms with van der Waals surface area (Å²) >= 11 is 0. The summed E-state index contributed by atoms with van der Waals surface area (Å²) in [6.07, 6.45) is 0.163. The third-order valence-electron chi connectivity index (χ3n) is 4.55. The lowest BCUT2D eigenvalue weighted by molar-refractivity contribution is -0.122. The van der Waals surface area contributed by atoms with Crippen molar-refractivity contribution in [3.05, 3.63) is 42.5 Å². The van der Waals surface area contributed by atoms with Crippen LogP contribution in [0.4, 0.5) is 11.4 Å². The number of amides is 2. The van der Waals surface area contributed by atoms with E-state index < -0.39 is 5.92 Å². The van der Waals surface area contributed by atoms with Gasteiger partial charge in [-0.05, 0) is 36.4 Å². The molecule has 2 aromatic carbocycles.